The Morgan fingerprint density at radius 3 is 2.92 bits per heavy atom. The molecule has 3 heterocycles. The van der Waals surface area contributed by atoms with Crippen LogP contribution in [0.25, 0.3) is 0 Å². The molecule has 7 nitrogen and oxygen atoms in total. The number of ether oxygens (including phenoxy) is 1. The van der Waals surface area contributed by atoms with Crippen LogP contribution in [0, 0.1) is 0 Å². The summed E-state index contributed by atoms with van der Waals surface area (Å²) in [4.78, 5) is 29.0. The maximum absolute atomic E-state index is 12.2. The van der Waals surface area contributed by atoms with Crippen LogP contribution in [0.3, 0.4) is 0 Å². The lowest BCUT2D eigenvalue weighted by Crippen LogP contribution is -2.32. The van der Waals surface area contributed by atoms with Crippen LogP contribution in [0.4, 0.5) is 9.80 Å². The van der Waals surface area contributed by atoms with Gasteiger partial charge in [-0.15, -0.1) is 11.3 Å². The van der Waals surface area contributed by atoms with Gasteiger partial charge in [0.25, 0.3) is 5.91 Å². The third-order valence-corrected chi connectivity index (χ3v) is 5.06. The average molecular weight is 360 g/mol. The molecular formula is C17H20N4O3S. The molecule has 2 aromatic heterocycles. The van der Waals surface area contributed by atoms with Crippen molar-refractivity contribution in [2.24, 2.45) is 5.73 Å². The van der Waals surface area contributed by atoms with E-state index in [2.05, 4.69) is 15.6 Å². The van der Waals surface area contributed by atoms with Gasteiger partial charge >= 0.3 is 6.03 Å². The number of primary amides is 1. The second-order valence-corrected chi connectivity index (χ2v) is 7.57. The minimum atomic E-state index is -0.544. The van der Waals surface area contributed by atoms with Crippen molar-refractivity contribution >= 4 is 28.3 Å². The molecule has 0 radical (unpaired) electrons. The molecular weight excluding hydrogens is 340 g/mol. The standard InChI is InChI=1S/C17H20N4O3S/c1-17(2)6-11-12(9-24-17)25-15(13(11)14(18)22)21-16(23)20-8-10-4-3-5-19-7-10/h3-5,7H,6,8-9H2,1-2H3,(H2,18,22)(H2,20,21,23). The Bertz CT molecular complexity index is 802. The van der Waals surface area contributed by atoms with E-state index in [1.54, 1.807) is 18.5 Å². The third-order valence-electron chi connectivity index (χ3n) is 3.94. The molecule has 0 unspecified atom stereocenters. The average Bonchev–Trinajstić information content (AvgIpc) is 2.89. The predicted molar refractivity (Wildman–Crippen MR) is 95.5 cm³/mol. The highest BCUT2D eigenvalue weighted by Crippen LogP contribution is 2.40. The molecule has 0 atom stereocenters. The van der Waals surface area contributed by atoms with Gasteiger partial charge in [0.05, 0.1) is 17.8 Å². The van der Waals surface area contributed by atoms with E-state index in [0.717, 1.165) is 16.0 Å². The van der Waals surface area contributed by atoms with Crippen LogP contribution >= 0.6 is 11.3 Å². The van der Waals surface area contributed by atoms with E-state index >= 15 is 0 Å². The monoisotopic (exact) mass is 360 g/mol. The Balaban J connectivity index is 1.75. The fourth-order valence-corrected chi connectivity index (χ4v) is 3.87. The Hall–Kier alpha value is -2.45. The topological polar surface area (TPSA) is 106 Å². The molecule has 8 heteroatoms. The number of amides is 3. The summed E-state index contributed by atoms with van der Waals surface area (Å²) >= 11 is 1.33. The fourth-order valence-electron chi connectivity index (χ4n) is 2.73. The molecule has 132 valence electrons. The van der Waals surface area contributed by atoms with Crippen LogP contribution in [0.5, 0.6) is 0 Å². The van der Waals surface area contributed by atoms with Crippen LogP contribution in [-0.4, -0.2) is 22.5 Å². The van der Waals surface area contributed by atoms with Crippen LogP contribution in [-0.2, 0) is 24.3 Å². The number of carbonyl (C=O) groups is 2. The first-order chi connectivity index (χ1) is 11.9. The van der Waals surface area contributed by atoms with Crippen molar-refractivity contribution in [1.82, 2.24) is 10.3 Å². The van der Waals surface area contributed by atoms with E-state index in [9.17, 15) is 9.59 Å². The van der Waals surface area contributed by atoms with Gasteiger partial charge in [-0.05, 0) is 31.0 Å². The quantitative estimate of drug-likeness (QED) is 0.778. The van der Waals surface area contributed by atoms with Crippen LogP contribution in [0.1, 0.15) is 40.2 Å². The van der Waals surface area contributed by atoms with Crippen molar-refractivity contribution in [3.05, 3.63) is 46.1 Å². The van der Waals surface area contributed by atoms with Gasteiger partial charge in [0.2, 0.25) is 0 Å². The smallest absolute Gasteiger partial charge is 0.320 e. The molecule has 1 aliphatic heterocycles. The Kier molecular flexibility index (Phi) is 4.73. The number of nitrogens with zero attached hydrogens (tertiary/aromatic N) is 1. The first-order valence-corrected chi connectivity index (χ1v) is 8.69. The van der Waals surface area contributed by atoms with Gasteiger partial charge in [-0.1, -0.05) is 6.07 Å². The number of hydrogen-bond acceptors (Lipinski definition) is 5. The summed E-state index contributed by atoms with van der Waals surface area (Å²) in [6, 6.07) is 3.27. The van der Waals surface area contributed by atoms with E-state index in [0.29, 0.717) is 30.1 Å². The molecule has 25 heavy (non-hydrogen) atoms. The summed E-state index contributed by atoms with van der Waals surface area (Å²) in [7, 11) is 0. The number of anilines is 1. The summed E-state index contributed by atoms with van der Waals surface area (Å²) in [5, 5.41) is 5.94. The Morgan fingerprint density at radius 1 is 1.44 bits per heavy atom. The van der Waals surface area contributed by atoms with Crippen LogP contribution < -0.4 is 16.4 Å². The number of rotatable bonds is 4. The van der Waals surface area contributed by atoms with Crippen molar-refractivity contribution in [1.29, 1.82) is 0 Å². The summed E-state index contributed by atoms with van der Waals surface area (Å²) < 4.78 is 5.77. The number of fused-ring (bicyclic) bond motifs is 1. The van der Waals surface area contributed by atoms with Gasteiger partial charge in [0, 0.05) is 30.2 Å². The Morgan fingerprint density at radius 2 is 2.24 bits per heavy atom. The summed E-state index contributed by atoms with van der Waals surface area (Å²) in [6.45, 7) is 4.68. The lowest BCUT2D eigenvalue weighted by atomic mass is 9.93. The summed E-state index contributed by atoms with van der Waals surface area (Å²) in [5.41, 5.74) is 7.33. The van der Waals surface area contributed by atoms with Gasteiger partial charge < -0.3 is 15.8 Å². The summed E-state index contributed by atoms with van der Waals surface area (Å²) in [5.74, 6) is -0.544. The maximum Gasteiger partial charge on any atom is 0.320 e. The molecule has 3 amide bonds. The molecule has 0 spiro atoms. The zero-order valence-corrected chi connectivity index (χ0v) is 14.9. The number of hydrogen-bond donors (Lipinski definition) is 3. The third kappa shape index (κ3) is 3.97. The van der Waals surface area contributed by atoms with Gasteiger partial charge in [0.15, 0.2) is 0 Å². The molecule has 0 saturated heterocycles. The van der Waals surface area contributed by atoms with Gasteiger partial charge in [-0.2, -0.15) is 0 Å². The normalized spacial score (nSPS) is 15.3. The highest BCUT2D eigenvalue weighted by atomic mass is 32.1. The largest absolute Gasteiger partial charge is 0.370 e. The van der Waals surface area contributed by atoms with E-state index < -0.39 is 11.9 Å². The van der Waals surface area contributed by atoms with Crippen molar-refractivity contribution in [3.8, 4) is 0 Å². The van der Waals surface area contributed by atoms with Crippen molar-refractivity contribution in [2.75, 3.05) is 5.32 Å². The van der Waals surface area contributed by atoms with Crippen molar-refractivity contribution < 1.29 is 14.3 Å². The molecule has 0 saturated carbocycles. The van der Waals surface area contributed by atoms with E-state index in [4.69, 9.17) is 10.5 Å². The first-order valence-electron chi connectivity index (χ1n) is 7.88. The van der Waals surface area contributed by atoms with Crippen molar-refractivity contribution in [3.63, 3.8) is 0 Å². The predicted octanol–water partition coefficient (Wildman–Crippen LogP) is 2.42. The van der Waals surface area contributed by atoms with Gasteiger partial charge in [-0.3, -0.25) is 15.1 Å². The molecule has 0 bridgehead atoms. The van der Waals surface area contributed by atoms with Crippen molar-refractivity contribution in [2.45, 2.75) is 39.0 Å². The van der Waals surface area contributed by atoms with Gasteiger partial charge in [0.1, 0.15) is 5.00 Å². The number of nitrogens with two attached hydrogens (primary N) is 1. The lowest BCUT2D eigenvalue weighted by Gasteiger charge is -2.30. The van der Waals surface area contributed by atoms with Crippen LogP contribution in [0.15, 0.2) is 24.5 Å². The molecule has 3 rings (SSSR count). The first kappa shape index (κ1) is 17.4. The number of pyridine rings is 1. The number of aromatic nitrogens is 1. The second kappa shape index (κ2) is 6.81. The highest BCUT2D eigenvalue weighted by Gasteiger charge is 2.33. The van der Waals surface area contributed by atoms with E-state index in [-0.39, 0.29) is 5.60 Å². The highest BCUT2D eigenvalue weighted by molar-refractivity contribution is 7.17. The van der Waals surface area contributed by atoms with Crippen LogP contribution in [0.2, 0.25) is 0 Å². The minimum absolute atomic E-state index is 0.340. The number of thiophene rings is 1. The SMILES string of the molecule is CC1(C)Cc2c(sc(NC(=O)NCc3cccnc3)c2C(N)=O)CO1. The fraction of sp³-hybridized carbons (Fsp3) is 0.353. The molecule has 1 aliphatic rings. The number of nitrogens with one attached hydrogen (secondary N) is 2. The zero-order chi connectivity index (χ0) is 18.0. The molecule has 0 fully saturated rings. The van der Waals surface area contributed by atoms with E-state index in [1.165, 1.54) is 11.3 Å². The minimum Gasteiger partial charge on any atom is -0.370 e. The number of urea groups is 1. The second-order valence-electron chi connectivity index (χ2n) is 6.47. The van der Waals surface area contributed by atoms with Gasteiger partial charge in [-0.25, -0.2) is 4.79 Å². The maximum atomic E-state index is 12.2. The molecule has 4 N–H and O–H groups in total. The molecule has 2 aromatic rings. The summed E-state index contributed by atoms with van der Waals surface area (Å²) in [6.07, 6.45) is 3.93. The zero-order valence-electron chi connectivity index (χ0n) is 14.1. The number of carbonyl (C=O) groups excluding carboxylic acids is 2. The lowest BCUT2D eigenvalue weighted by molar-refractivity contribution is -0.0383. The molecule has 0 aromatic carbocycles. The van der Waals surface area contributed by atoms with E-state index in [1.807, 2.05) is 19.9 Å². The molecule has 0 aliphatic carbocycles. The Labute approximate surface area is 149 Å².